The summed E-state index contributed by atoms with van der Waals surface area (Å²) in [5.41, 5.74) is 7.48. The van der Waals surface area contributed by atoms with Gasteiger partial charge in [-0.1, -0.05) is 28.9 Å². The topological polar surface area (TPSA) is 91.2 Å². The predicted molar refractivity (Wildman–Crippen MR) is 92.2 cm³/mol. The summed E-state index contributed by atoms with van der Waals surface area (Å²) in [6, 6.07) is 8.15. The number of benzene rings is 2. The van der Waals surface area contributed by atoms with E-state index in [0.717, 1.165) is 5.56 Å². The number of nitrogens with zero attached hydrogens (tertiary/aromatic N) is 2. The molecule has 2 N–H and O–H groups in total. The minimum absolute atomic E-state index is 0.128. The molecular formula is C18H13ClFN3O3. The van der Waals surface area contributed by atoms with Crippen LogP contribution in [0.15, 0.2) is 34.9 Å². The molecule has 26 heavy (non-hydrogen) atoms. The second-order valence-corrected chi connectivity index (χ2v) is 6.42. The molecule has 1 amide bonds. The minimum atomic E-state index is -0.698. The first-order valence-corrected chi connectivity index (χ1v) is 8.19. The van der Waals surface area contributed by atoms with Crippen LogP contribution in [0.4, 0.5) is 4.39 Å². The van der Waals surface area contributed by atoms with Gasteiger partial charge in [-0.3, -0.25) is 4.79 Å². The maximum atomic E-state index is 14.6. The van der Waals surface area contributed by atoms with Crippen LogP contribution >= 0.6 is 11.6 Å². The van der Waals surface area contributed by atoms with Gasteiger partial charge in [-0.15, -0.1) is 0 Å². The fourth-order valence-electron chi connectivity index (χ4n) is 2.98. The number of ether oxygens (including phenoxy) is 1. The molecule has 1 atom stereocenters. The van der Waals surface area contributed by atoms with Gasteiger partial charge in [0.1, 0.15) is 11.6 Å². The van der Waals surface area contributed by atoms with E-state index in [1.54, 1.807) is 25.1 Å². The van der Waals surface area contributed by atoms with Crippen LogP contribution in [0.2, 0.25) is 5.02 Å². The van der Waals surface area contributed by atoms with Crippen LogP contribution in [0.5, 0.6) is 5.75 Å². The Labute approximate surface area is 152 Å². The summed E-state index contributed by atoms with van der Waals surface area (Å²) in [7, 11) is 0. The minimum Gasteiger partial charge on any atom is -0.480 e. The molecule has 0 spiro atoms. The average molecular weight is 374 g/mol. The van der Waals surface area contributed by atoms with Gasteiger partial charge < -0.3 is 15.0 Å². The van der Waals surface area contributed by atoms with Gasteiger partial charge in [-0.05, 0) is 34.9 Å². The van der Waals surface area contributed by atoms with E-state index in [9.17, 15) is 9.18 Å². The average Bonchev–Trinajstić information content (AvgIpc) is 3.19. The Morgan fingerprint density at radius 2 is 2.15 bits per heavy atom. The SMILES string of the molecule is Cc1nc(-c2c(F)cc(Cl)cc2-c2ccc3c(c2)OC(C(N)=O)C3)no1. The molecule has 1 aliphatic heterocycles. The van der Waals surface area contributed by atoms with Crippen molar-refractivity contribution in [2.24, 2.45) is 5.73 Å². The molecule has 0 fully saturated rings. The Morgan fingerprint density at radius 1 is 1.35 bits per heavy atom. The second-order valence-electron chi connectivity index (χ2n) is 5.98. The number of carbonyl (C=O) groups is 1. The highest BCUT2D eigenvalue weighted by atomic mass is 35.5. The summed E-state index contributed by atoms with van der Waals surface area (Å²) < 4.78 is 25.2. The lowest BCUT2D eigenvalue weighted by Crippen LogP contribution is -2.31. The highest BCUT2D eigenvalue weighted by Gasteiger charge is 2.28. The van der Waals surface area contributed by atoms with Crippen LogP contribution < -0.4 is 10.5 Å². The van der Waals surface area contributed by atoms with E-state index >= 15 is 0 Å². The largest absolute Gasteiger partial charge is 0.480 e. The van der Waals surface area contributed by atoms with Crippen molar-refractivity contribution < 1.29 is 18.4 Å². The van der Waals surface area contributed by atoms with Crippen molar-refractivity contribution in [3.8, 4) is 28.3 Å². The molecule has 2 aromatic carbocycles. The van der Waals surface area contributed by atoms with Crippen molar-refractivity contribution in [3.05, 3.63) is 52.6 Å². The standard InChI is InChI=1S/C18H13ClFN3O3/c1-8-22-18(23-26-8)16-12(6-11(19)7-13(16)20)9-2-3-10-5-15(17(21)24)25-14(10)4-9/h2-4,6-7,15H,5H2,1H3,(H2,21,24). The van der Waals surface area contributed by atoms with E-state index < -0.39 is 17.8 Å². The molecule has 0 radical (unpaired) electrons. The molecule has 3 aromatic rings. The smallest absolute Gasteiger partial charge is 0.258 e. The van der Waals surface area contributed by atoms with Gasteiger partial charge in [-0.25, -0.2) is 4.39 Å². The fourth-order valence-corrected chi connectivity index (χ4v) is 3.19. The van der Waals surface area contributed by atoms with Gasteiger partial charge in [0.05, 0.1) is 5.56 Å². The van der Waals surface area contributed by atoms with Crippen molar-refractivity contribution in [2.45, 2.75) is 19.4 Å². The summed E-state index contributed by atoms with van der Waals surface area (Å²) >= 11 is 6.05. The summed E-state index contributed by atoms with van der Waals surface area (Å²) in [4.78, 5) is 15.5. The van der Waals surface area contributed by atoms with E-state index in [4.69, 9.17) is 26.6 Å². The van der Waals surface area contributed by atoms with Crippen LogP contribution in [0, 0.1) is 12.7 Å². The third-order valence-electron chi connectivity index (χ3n) is 4.18. The highest BCUT2D eigenvalue weighted by molar-refractivity contribution is 6.31. The number of fused-ring (bicyclic) bond motifs is 1. The number of hydrogen-bond acceptors (Lipinski definition) is 5. The first kappa shape index (κ1) is 16.5. The van der Waals surface area contributed by atoms with Crippen LogP contribution in [0.3, 0.4) is 0 Å². The fraction of sp³-hybridized carbons (Fsp3) is 0.167. The zero-order chi connectivity index (χ0) is 18.4. The van der Waals surface area contributed by atoms with Crippen LogP contribution in [0.1, 0.15) is 11.5 Å². The number of aromatic nitrogens is 2. The maximum Gasteiger partial charge on any atom is 0.258 e. The van der Waals surface area contributed by atoms with Crippen LogP contribution in [0.25, 0.3) is 22.5 Å². The number of aryl methyl sites for hydroxylation is 1. The van der Waals surface area contributed by atoms with Crippen LogP contribution in [-0.4, -0.2) is 22.2 Å². The molecule has 0 bridgehead atoms. The van der Waals surface area contributed by atoms with Crippen molar-refractivity contribution in [3.63, 3.8) is 0 Å². The first-order chi connectivity index (χ1) is 12.4. The van der Waals surface area contributed by atoms with Gasteiger partial charge >= 0.3 is 0 Å². The molecule has 0 saturated carbocycles. The number of halogens is 2. The lowest BCUT2D eigenvalue weighted by atomic mass is 9.97. The lowest BCUT2D eigenvalue weighted by molar-refractivity contribution is -0.123. The molecular weight excluding hydrogens is 361 g/mol. The third-order valence-corrected chi connectivity index (χ3v) is 4.39. The molecule has 1 unspecified atom stereocenters. The Balaban J connectivity index is 1.85. The van der Waals surface area contributed by atoms with E-state index in [1.807, 2.05) is 6.07 Å². The van der Waals surface area contributed by atoms with Crippen LogP contribution in [-0.2, 0) is 11.2 Å². The molecule has 132 valence electrons. The molecule has 0 aliphatic carbocycles. The van der Waals surface area contributed by atoms with Gasteiger partial charge in [0.2, 0.25) is 11.7 Å². The molecule has 8 heteroatoms. The first-order valence-electron chi connectivity index (χ1n) is 7.81. The quantitative estimate of drug-likeness (QED) is 0.760. The van der Waals surface area contributed by atoms with Crippen molar-refractivity contribution in [1.29, 1.82) is 0 Å². The van der Waals surface area contributed by atoms with Gasteiger partial charge in [0.15, 0.2) is 6.10 Å². The third kappa shape index (κ3) is 2.80. The summed E-state index contributed by atoms with van der Waals surface area (Å²) in [5.74, 6) is -0.115. The Hall–Kier alpha value is -2.93. The van der Waals surface area contributed by atoms with Crippen molar-refractivity contribution in [1.82, 2.24) is 10.1 Å². The van der Waals surface area contributed by atoms with Crippen molar-refractivity contribution >= 4 is 17.5 Å². The lowest BCUT2D eigenvalue weighted by Gasteiger charge is -2.11. The van der Waals surface area contributed by atoms with E-state index in [-0.39, 0.29) is 16.4 Å². The number of hydrogen-bond donors (Lipinski definition) is 1. The van der Waals surface area contributed by atoms with E-state index in [2.05, 4.69) is 10.1 Å². The molecule has 0 saturated heterocycles. The Bertz CT molecular complexity index is 1030. The molecule has 4 rings (SSSR count). The summed E-state index contributed by atoms with van der Waals surface area (Å²) in [6.07, 6.45) is -0.290. The Kier molecular flexibility index (Phi) is 3.88. The Morgan fingerprint density at radius 3 is 2.85 bits per heavy atom. The number of primary amides is 1. The predicted octanol–water partition coefficient (Wildman–Crippen LogP) is 3.29. The highest BCUT2D eigenvalue weighted by Crippen LogP contribution is 2.39. The molecule has 1 aromatic heterocycles. The van der Waals surface area contributed by atoms with Gasteiger partial charge in [-0.2, -0.15) is 4.98 Å². The second kappa shape index (κ2) is 6.10. The molecule has 6 nitrogen and oxygen atoms in total. The van der Waals surface area contributed by atoms with Gasteiger partial charge in [0.25, 0.3) is 5.91 Å². The summed E-state index contributed by atoms with van der Waals surface area (Å²) in [5, 5.41) is 4.04. The zero-order valence-corrected chi connectivity index (χ0v) is 14.4. The normalized spacial score (nSPS) is 15.6. The monoisotopic (exact) mass is 373 g/mol. The van der Waals surface area contributed by atoms with Gasteiger partial charge in [0, 0.05) is 18.4 Å². The molecule has 1 aliphatic rings. The zero-order valence-electron chi connectivity index (χ0n) is 13.6. The van der Waals surface area contributed by atoms with Crippen molar-refractivity contribution in [2.75, 3.05) is 0 Å². The number of carbonyl (C=O) groups excluding carboxylic acids is 1. The molecule has 2 heterocycles. The maximum absolute atomic E-state index is 14.6. The summed E-state index contributed by atoms with van der Waals surface area (Å²) in [6.45, 7) is 1.62. The number of rotatable bonds is 3. The van der Waals surface area contributed by atoms with E-state index in [0.29, 0.717) is 29.2 Å². The van der Waals surface area contributed by atoms with E-state index in [1.165, 1.54) is 6.07 Å². The number of nitrogens with two attached hydrogens (primary N) is 1. The number of amides is 1.